The van der Waals surface area contributed by atoms with E-state index in [-0.39, 0.29) is 18.2 Å². The fraction of sp³-hybridized carbons (Fsp3) is 0.235. The second kappa shape index (κ2) is 7.76. The van der Waals surface area contributed by atoms with Crippen LogP contribution in [-0.2, 0) is 9.59 Å². The zero-order valence-electron chi connectivity index (χ0n) is 13.4. The summed E-state index contributed by atoms with van der Waals surface area (Å²) in [6.07, 6.45) is 1.63. The quantitative estimate of drug-likeness (QED) is 0.832. The molecule has 0 saturated heterocycles. The van der Waals surface area contributed by atoms with Gasteiger partial charge < -0.3 is 15.4 Å². The molecule has 0 spiro atoms. The molecule has 25 heavy (non-hydrogen) atoms. The van der Waals surface area contributed by atoms with E-state index < -0.39 is 5.25 Å². The number of anilines is 2. The van der Waals surface area contributed by atoms with Crippen LogP contribution in [0.1, 0.15) is 13.3 Å². The lowest BCUT2D eigenvalue weighted by Crippen LogP contribution is -2.32. The summed E-state index contributed by atoms with van der Waals surface area (Å²) in [4.78, 5) is 29.5. The fourth-order valence-corrected chi connectivity index (χ4v) is 3.63. The lowest BCUT2D eigenvalue weighted by atomic mass is 10.2. The van der Waals surface area contributed by atoms with Gasteiger partial charge in [0.25, 0.3) is 0 Å². The number of pyridine rings is 1. The van der Waals surface area contributed by atoms with Crippen molar-refractivity contribution < 1.29 is 14.3 Å². The molecular weight excluding hydrogens is 362 g/mol. The molecule has 2 N–H and O–H groups in total. The molecule has 1 atom stereocenters. The summed E-state index contributed by atoms with van der Waals surface area (Å²) in [5.41, 5.74) is 1.16. The van der Waals surface area contributed by atoms with Gasteiger partial charge in [-0.25, -0.2) is 4.98 Å². The molecule has 2 amide bonds. The number of fused-ring (bicyclic) bond motifs is 1. The topological polar surface area (TPSA) is 80.3 Å². The van der Waals surface area contributed by atoms with Crippen LogP contribution < -0.4 is 15.4 Å². The van der Waals surface area contributed by atoms with E-state index in [9.17, 15) is 9.59 Å². The average molecular weight is 378 g/mol. The van der Waals surface area contributed by atoms with Crippen LogP contribution in [0.15, 0.2) is 41.4 Å². The minimum absolute atomic E-state index is 0.0407. The lowest BCUT2D eigenvalue weighted by Gasteiger charge is -2.23. The molecule has 0 fully saturated rings. The molecular formula is C17H16ClN3O3S. The third kappa shape index (κ3) is 4.24. The van der Waals surface area contributed by atoms with Gasteiger partial charge in [-0.3, -0.25) is 9.59 Å². The number of nitrogens with zero attached hydrogens (tertiary/aromatic N) is 1. The van der Waals surface area contributed by atoms with Gasteiger partial charge in [0.1, 0.15) is 5.69 Å². The Morgan fingerprint density at radius 3 is 3.08 bits per heavy atom. The van der Waals surface area contributed by atoms with E-state index in [0.717, 1.165) is 4.90 Å². The lowest BCUT2D eigenvalue weighted by molar-refractivity contribution is -0.120. The highest BCUT2D eigenvalue weighted by atomic mass is 35.5. The smallest absolute Gasteiger partial charge is 0.238 e. The van der Waals surface area contributed by atoms with Crippen LogP contribution in [0.25, 0.3) is 0 Å². The van der Waals surface area contributed by atoms with Crippen LogP contribution in [0.2, 0.25) is 5.02 Å². The molecule has 6 nitrogen and oxygen atoms in total. The Morgan fingerprint density at radius 2 is 2.28 bits per heavy atom. The van der Waals surface area contributed by atoms with Crippen molar-refractivity contribution in [1.82, 2.24) is 4.98 Å². The molecule has 130 valence electrons. The third-order valence-corrected chi connectivity index (χ3v) is 4.97. The Balaban J connectivity index is 1.67. The highest BCUT2D eigenvalue weighted by Crippen LogP contribution is 2.38. The van der Waals surface area contributed by atoms with Gasteiger partial charge in [-0.05, 0) is 37.3 Å². The van der Waals surface area contributed by atoms with Crippen molar-refractivity contribution in [2.45, 2.75) is 23.5 Å². The Labute approximate surface area is 154 Å². The van der Waals surface area contributed by atoms with Crippen molar-refractivity contribution in [2.24, 2.45) is 0 Å². The number of hydrogen-bond acceptors (Lipinski definition) is 5. The number of nitrogens with one attached hydrogen (secondary N) is 2. The molecule has 3 rings (SSSR count). The van der Waals surface area contributed by atoms with Gasteiger partial charge >= 0.3 is 0 Å². The summed E-state index contributed by atoms with van der Waals surface area (Å²) in [6.45, 7) is 2.28. The average Bonchev–Trinajstić information content (AvgIpc) is 2.58. The van der Waals surface area contributed by atoms with Crippen LogP contribution in [0.4, 0.5) is 11.4 Å². The van der Waals surface area contributed by atoms with Gasteiger partial charge in [-0.2, -0.15) is 0 Å². The number of thioether (sulfide) groups is 1. The van der Waals surface area contributed by atoms with E-state index in [2.05, 4.69) is 15.6 Å². The summed E-state index contributed by atoms with van der Waals surface area (Å²) < 4.78 is 5.38. The number of hydrogen-bond donors (Lipinski definition) is 2. The number of ether oxygens (including phenoxy) is 1. The zero-order chi connectivity index (χ0) is 17.8. The van der Waals surface area contributed by atoms with E-state index in [4.69, 9.17) is 16.3 Å². The molecule has 1 aliphatic rings. The number of rotatable bonds is 5. The second-order valence-electron chi connectivity index (χ2n) is 5.28. The molecule has 0 saturated carbocycles. The summed E-state index contributed by atoms with van der Waals surface area (Å²) in [6, 6.07) is 8.70. The molecule has 0 aliphatic carbocycles. The van der Waals surface area contributed by atoms with Crippen molar-refractivity contribution in [1.29, 1.82) is 0 Å². The third-order valence-electron chi connectivity index (χ3n) is 3.46. The first kappa shape index (κ1) is 17.6. The Kier molecular flexibility index (Phi) is 5.45. The van der Waals surface area contributed by atoms with Crippen LogP contribution in [0.5, 0.6) is 5.88 Å². The second-order valence-corrected chi connectivity index (χ2v) is 6.96. The summed E-state index contributed by atoms with van der Waals surface area (Å²) >= 11 is 7.28. The van der Waals surface area contributed by atoms with Gasteiger partial charge in [-0.15, -0.1) is 11.8 Å². The minimum atomic E-state index is -0.513. The predicted molar refractivity (Wildman–Crippen MR) is 98.4 cm³/mol. The first-order valence-corrected chi connectivity index (χ1v) is 8.97. The van der Waals surface area contributed by atoms with E-state index in [1.165, 1.54) is 11.8 Å². The maximum atomic E-state index is 12.3. The largest absolute Gasteiger partial charge is 0.476 e. The number of carbonyl (C=O) groups is 2. The zero-order valence-corrected chi connectivity index (χ0v) is 15.0. The summed E-state index contributed by atoms with van der Waals surface area (Å²) in [5.74, 6) is -0.135. The highest BCUT2D eigenvalue weighted by Gasteiger charge is 2.29. The summed E-state index contributed by atoms with van der Waals surface area (Å²) in [7, 11) is 0. The first-order chi connectivity index (χ1) is 12.1. The molecule has 2 aromatic rings. The van der Waals surface area contributed by atoms with Gasteiger partial charge in [-0.1, -0.05) is 11.6 Å². The normalized spacial score (nSPS) is 15.9. The highest BCUT2D eigenvalue weighted by molar-refractivity contribution is 8.01. The van der Waals surface area contributed by atoms with Crippen LogP contribution >= 0.6 is 23.4 Å². The van der Waals surface area contributed by atoms with Crippen molar-refractivity contribution in [2.75, 3.05) is 17.2 Å². The van der Waals surface area contributed by atoms with E-state index in [1.54, 1.807) is 30.5 Å². The molecule has 0 bridgehead atoms. The van der Waals surface area contributed by atoms with E-state index >= 15 is 0 Å². The van der Waals surface area contributed by atoms with Crippen molar-refractivity contribution in [3.8, 4) is 5.88 Å². The van der Waals surface area contributed by atoms with Crippen LogP contribution in [0, 0.1) is 0 Å². The molecule has 1 aromatic carbocycles. The van der Waals surface area contributed by atoms with Gasteiger partial charge in [0.05, 0.1) is 17.5 Å². The molecule has 1 aromatic heterocycles. The minimum Gasteiger partial charge on any atom is -0.476 e. The number of amides is 2. The Morgan fingerprint density at radius 1 is 1.44 bits per heavy atom. The number of carbonyl (C=O) groups excluding carboxylic acids is 2. The molecule has 1 aliphatic heterocycles. The van der Waals surface area contributed by atoms with Crippen LogP contribution in [-0.4, -0.2) is 28.7 Å². The first-order valence-electron chi connectivity index (χ1n) is 7.71. The van der Waals surface area contributed by atoms with Crippen molar-refractivity contribution in [3.05, 3.63) is 41.6 Å². The van der Waals surface area contributed by atoms with Gasteiger partial charge in [0, 0.05) is 22.5 Å². The van der Waals surface area contributed by atoms with Crippen molar-refractivity contribution >= 4 is 46.6 Å². The molecule has 8 heteroatoms. The van der Waals surface area contributed by atoms with Gasteiger partial charge in [0.2, 0.25) is 17.7 Å². The Bertz CT molecular complexity index is 815. The predicted octanol–water partition coefficient (Wildman–Crippen LogP) is 3.58. The van der Waals surface area contributed by atoms with E-state index in [0.29, 0.717) is 28.9 Å². The number of aromatic nitrogens is 1. The fourth-order valence-electron chi connectivity index (χ4n) is 2.36. The number of halogens is 1. The molecule has 0 radical (unpaired) electrons. The SMILES string of the molecule is CCOc1ncccc1NC(=O)CC1Sc2ccc(Cl)cc2NC1=O. The maximum Gasteiger partial charge on any atom is 0.238 e. The monoisotopic (exact) mass is 377 g/mol. The standard InChI is InChI=1S/C17H16ClN3O3S/c1-2-24-17-11(4-3-7-19-17)20-15(22)9-14-16(23)21-12-8-10(18)5-6-13(12)25-14/h3-8,14H,2,9H2,1H3,(H,20,22)(H,21,23). The van der Waals surface area contributed by atoms with Gasteiger partial charge in [0.15, 0.2) is 0 Å². The van der Waals surface area contributed by atoms with Crippen molar-refractivity contribution in [3.63, 3.8) is 0 Å². The number of benzene rings is 1. The summed E-state index contributed by atoms with van der Waals surface area (Å²) in [5, 5.41) is 5.58. The van der Waals surface area contributed by atoms with Crippen LogP contribution in [0.3, 0.4) is 0 Å². The Hall–Kier alpha value is -2.25. The molecule has 1 unspecified atom stereocenters. The van der Waals surface area contributed by atoms with E-state index in [1.807, 2.05) is 13.0 Å². The molecule has 2 heterocycles. The maximum absolute atomic E-state index is 12.3.